The second kappa shape index (κ2) is 11.6. The van der Waals surface area contributed by atoms with E-state index in [-0.39, 0.29) is 6.29 Å². The van der Waals surface area contributed by atoms with Gasteiger partial charge in [0.15, 0.2) is 6.29 Å². The third kappa shape index (κ3) is 8.11. The number of hydrogen-bond donors (Lipinski definition) is 7. The van der Waals surface area contributed by atoms with Crippen molar-refractivity contribution in [3.63, 3.8) is 0 Å². The summed E-state index contributed by atoms with van der Waals surface area (Å²) >= 11 is 0. The number of nitrogens with two attached hydrogens (primary N) is 1. The quantitative estimate of drug-likeness (QED) is 0.246. The summed E-state index contributed by atoms with van der Waals surface area (Å²) in [5, 5.41) is 52.1. The molecule has 136 valence electrons. The number of benzene rings is 1. The van der Waals surface area contributed by atoms with Crippen LogP contribution in [0.25, 0.3) is 0 Å². The van der Waals surface area contributed by atoms with Crippen molar-refractivity contribution in [2.24, 2.45) is 5.73 Å². The number of aliphatic carboxylic acids is 1. The second-order valence-corrected chi connectivity index (χ2v) is 4.99. The monoisotopic (exact) mass is 345 g/mol. The Morgan fingerprint density at radius 2 is 1.62 bits per heavy atom. The minimum atomic E-state index is -1.79. The molecule has 0 radical (unpaired) electrons. The first-order chi connectivity index (χ1) is 11.2. The Bertz CT molecular complexity index is 484. The lowest BCUT2D eigenvalue weighted by Gasteiger charge is -2.22. The van der Waals surface area contributed by atoms with E-state index < -0.39 is 43.0 Å². The number of carboxylic acid groups (broad SMARTS) is 1. The van der Waals surface area contributed by atoms with Crippen molar-refractivity contribution in [1.82, 2.24) is 0 Å². The molecule has 0 saturated heterocycles. The summed E-state index contributed by atoms with van der Waals surface area (Å²) in [4.78, 5) is 20.3. The fourth-order valence-electron chi connectivity index (χ4n) is 1.57. The second-order valence-electron chi connectivity index (χ2n) is 4.99. The molecule has 0 amide bonds. The van der Waals surface area contributed by atoms with Gasteiger partial charge in [-0.25, -0.2) is 0 Å². The average Bonchev–Trinajstić information content (AvgIpc) is 2.60. The van der Waals surface area contributed by atoms with Crippen LogP contribution in [-0.4, -0.2) is 80.0 Å². The Morgan fingerprint density at radius 3 is 2.04 bits per heavy atom. The molecule has 0 aliphatic carbocycles. The number of hydrogen-bond acceptors (Lipinski definition) is 8. The van der Waals surface area contributed by atoms with Crippen LogP contribution in [-0.2, 0) is 16.0 Å². The zero-order valence-corrected chi connectivity index (χ0v) is 12.8. The Balaban J connectivity index is 0.000000441. The summed E-state index contributed by atoms with van der Waals surface area (Å²) in [5.41, 5.74) is 6.30. The van der Waals surface area contributed by atoms with Crippen LogP contribution in [0.2, 0.25) is 0 Å². The van der Waals surface area contributed by atoms with Gasteiger partial charge in [-0.1, -0.05) is 30.3 Å². The number of aliphatic hydroxyl groups is 5. The number of carboxylic acids is 1. The molecule has 0 aliphatic heterocycles. The third-order valence-electron chi connectivity index (χ3n) is 3.04. The van der Waals surface area contributed by atoms with E-state index in [0.29, 0.717) is 6.42 Å². The van der Waals surface area contributed by atoms with Gasteiger partial charge in [-0.3, -0.25) is 4.79 Å². The van der Waals surface area contributed by atoms with Crippen molar-refractivity contribution in [3.05, 3.63) is 35.9 Å². The number of aliphatic hydroxyl groups excluding tert-OH is 5. The van der Waals surface area contributed by atoms with Gasteiger partial charge < -0.3 is 41.2 Å². The van der Waals surface area contributed by atoms with Gasteiger partial charge in [0.2, 0.25) is 0 Å². The molecule has 0 unspecified atom stereocenters. The summed E-state index contributed by atoms with van der Waals surface area (Å²) in [6.07, 6.45) is -6.45. The van der Waals surface area contributed by atoms with Crippen molar-refractivity contribution in [1.29, 1.82) is 0 Å². The van der Waals surface area contributed by atoms with Gasteiger partial charge in [-0.05, 0) is 12.0 Å². The van der Waals surface area contributed by atoms with E-state index >= 15 is 0 Å². The minimum Gasteiger partial charge on any atom is -0.480 e. The highest BCUT2D eigenvalue weighted by Crippen LogP contribution is 2.03. The molecule has 0 bridgehead atoms. The standard InChI is InChI=1S/C9H11NO2.C6H12O6/c10-8(9(11)12)6-7-4-2-1-3-5-7;7-1-3(9)5(11)6(12)4(10)2-8/h1-5,8H,6,10H2,(H,11,12);1,3-6,8-12H,2H2/t8-;3-,4+,5+,6+/m00/s1. The number of carbonyl (C=O) groups excluding carboxylic acids is 1. The summed E-state index contributed by atoms with van der Waals surface area (Å²) < 4.78 is 0. The van der Waals surface area contributed by atoms with Crippen molar-refractivity contribution < 1.29 is 40.2 Å². The number of carbonyl (C=O) groups is 2. The molecule has 1 aromatic rings. The van der Waals surface area contributed by atoms with E-state index in [9.17, 15) is 9.59 Å². The summed E-state index contributed by atoms with van der Waals surface area (Å²) in [6.45, 7) is -0.760. The van der Waals surface area contributed by atoms with Crippen LogP contribution < -0.4 is 5.73 Å². The van der Waals surface area contributed by atoms with Gasteiger partial charge in [0, 0.05) is 0 Å². The van der Waals surface area contributed by atoms with Gasteiger partial charge >= 0.3 is 5.97 Å². The molecular formula is C15H23NO8. The van der Waals surface area contributed by atoms with Crippen LogP contribution in [0, 0.1) is 0 Å². The largest absolute Gasteiger partial charge is 0.480 e. The average molecular weight is 345 g/mol. The Hall–Kier alpha value is -1.88. The van der Waals surface area contributed by atoms with Crippen LogP contribution in [0.15, 0.2) is 30.3 Å². The third-order valence-corrected chi connectivity index (χ3v) is 3.04. The zero-order chi connectivity index (χ0) is 18.7. The van der Waals surface area contributed by atoms with Crippen LogP contribution in [0.4, 0.5) is 0 Å². The maximum atomic E-state index is 10.4. The van der Waals surface area contributed by atoms with E-state index in [0.717, 1.165) is 5.56 Å². The van der Waals surface area contributed by atoms with Gasteiger partial charge in [0.25, 0.3) is 0 Å². The van der Waals surface area contributed by atoms with Gasteiger partial charge in [0.05, 0.1) is 6.61 Å². The molecule has 0 spiro atoms. The first-order valence-electron chi connectivity index (χ1n) is 7.05. The molecule has 0 heterocycles. The highest BCUT2D eigenvalue weighted by Gasteiger charge is 2.29. The first kappa shape index (κ1) is 22.1. The zero-order valence-electron chi connectivity index (χ0n) is 12.8. The molecule has 0 aliphatic rings. The highest BCUT2D eigenvalue weighted by atomic mass is 16.4. The fraction of sp³-hybridized carbons (Fsp3) is 0.467. The molecular weight excluding hydrogens is 322 g/mol. The lowest BCUT2D eigenvalue weighted by Crippen LogP contribution is -2.46. The van der Waals surface area contributed by atoms with Crippen LogP contribution >= 0.6 is 0 Å². The lowest BCUT2D eigenvalue weighted by atomic mass is 10.0. The van der Waals surface area contributed by atoms with Crippen LogP contribution in [0.3, 0.4) is 0 Å². The molecule has 9 heteroatoms. The topological polar surface area (TPSA) is 182 Å². The molecule has 0 fully saturated rings. The van der Waals surface area contributed by atoms with Gasteiger partial charge in [-0.2, -0.15) is 0 Å². The molecule has 5 atom stereocenters. The van der Waals surface area contributed by atoms with E-state index in [4.69, 9.17) is 36.4 Å². The maximum Gasteiger partial charge on any atom is 0.320 e. The molecule has 0 saturated carbocycles. The molecule has 1 rings (SSSR count). The van der Waals surface area contributed by atoms with Crippen molar-refractivity contribution in [3.8, 4) is 0 Å². The van der Waals surface area contributed by atoms with Crippen molar-refractivity contribution >= 4 is 12.3 Å². The number of aldehydes is 1. The normalized spacial score (nSPS) is 16.8. The number of rotatable bonds is 8. The lowest BCUT2D eigenvalue weighted by molar-refractivity contribution is -0.138. The summed E-state index contributed by atoms with van der Waals surface area (Å²) in [5.74, 6) is -0.959. The Kier molecular flexibility index (Phi) is 10.7. The SMILES string of the molecule is N[C@@H](Cc1ccccc1)C(=O)O.O=C[C@H](O)[C@@H](O)[C@H](O)[C@H](O)CO. The molecule has 1 aromatic carbocycles. The Morgan fingerprint density at radius 1 is 1.08 bits per heavy atom. The van der Waals surface area contributed by atoms with Crippen molar-refractivity contribution in [2.75, 3.05) is 6.61 Å². The van der Waals surface area contributed by atoms with Crippen molar-refractivity contribution in [2.45, 2.75) is 36.9 Å². The molecule has 9 nitrogen and oxygen atoms in total. The van der Waals surface area contributed by atoms with Crippen LogP contribution in [0.5, 0.6) is 0 Å². The Labute approximate surface area is 138 Å². The first-order valence-corrected chi connectivity index (χ1v) is 7.05. The van der Waals surface area contributed by atoms with Gasteiger partial charge in [0.1, 0.15) is 30.5 Å². The molecule has 24 heavy (non-hydrogen) atoms. The maximum absolute atomic E-state index is 10.4. The molecule has 0 aromatic heterocycles. The minimum absolute atomic E-state index is 0.0258. The van der Waals surface area contributed by atoms with E-state index in [1.807, 2.05) is 30.3 Å². The van der Waals surface area contributed by atoms with E-state index in [1.165, 1.54) is 0 Å². The van der Waals surface area contributed by atoms with Gasteiger partial charge in [-0.15, -0.1) is 0 Å². The predicted molar refractivity (Wildman–Crippen MR) is 82.9 cm³/mol. The van der Waals surface area contributed by atoms with Crippen LogP contribution in [0.1, 0.15) is 5.56 Å². The summed E-state index contributed by atoms with van der Waals surface area (Å²) in [7, 11) is 0. The van der Waals surface area contributed by atoms with E-state index in [1.54, 1.807) is 0 Å². The fourth-order valence-corrected chi connectivity index (χ4v) is 1.57. The predicted octanol–water partition coefficient (Wildman–Crippen LogP) is -2.74. The molecule has 8 N–H and O–H groups in total. The highest BCUT2D eigenvalue weighted by molar-refractivity contribution is 5.73. The smallest absolute Gasteiger partial charge is 0.320 e. The summed E-state index contributed by atoms with van der Waals surface area (Å²) in [6, 6.07) is 8.54. The van der Waals surface area contributed by atoms with E-state index in [2.05, 4.69) is 0 Å².